The van der Waals surface area contributed by atoms with E-state index < -0.39 is 12.0 Å². The molecule has 106 valence electrons. The van der Waals surface area contributed by atoms with Crippen molar-refractivity contribution in [3.63, 3.8) is 0 Å². The summed E-state index contributed by atoms with van der Waals surface area (Å²) in [5.41, 5.74) is 0. The minimum atomic E-state index is -0.941. The Balaban J connectivity index is 3.92. The average Bonchev–Trinajstić information content (AvgIpc) is 2.34. The molecule has 0 radical (unpaired) electrons. The van der Waals surface area contributed by atoms with Crippen LogP contribution in [-0.4, -0.2) is 23.0 Å². The topological polar surface area (TPSA) is 66.4 Å². The van der Waals surface area contributed by atoms with Gasteiger partial charge in [-0.15, -0.1) is 0 Å². The van der Waals surface area contributed by atoms with Gasteiger partial charge in [-0.3, -0.25) is 4.79 Å². The summed E-state index contributed by atoms with van der Waals surface area (Å²) in [5.74, 6) is -1.12. The highest BCUT2D eigenvalue weighted by molar-refractivity contribution is 5.83. The van der Waals surface area contributed by atoms with Gasteiger partial charge in [-0.05, 0) is 12.3 Å². The van der Waals surface area contributed by atoms with E-state index in [1.165, 1.54) is 12.8 Å². The molecule has 0 aliphatic heterocycles. The number of carbonyl (C=O) groups is 2. The van der Waals surface area contributed by atoms with Crippen LogP contribution in [-0.2, 0) is 9.59 Å². The summed E-state index contributed by atoms with van der Waals surface area (Å²) >= 11 is 0. The molecule has 4 heteroatoms. The highest BCUT2D eigenvalue weighted by Gasteiger charge is 2.24. The van der Waals surface area contributed by atoms with E-state index in [0.29, 0.717) is 6.42 Å². The minimum Gasteiger partial charge on any atom is -0.480 e. The SMILES string of the molecule is CCCCCCCC(=O)N[C@H](C(=O)O)[C@@H](C)CC. The maximum Gasteiger partial charge on any atom is 0.326 e. The smallest absolute Gasteiger partial charge is 0.326 e. The van der Waals surface area contributed by atoms with Crippen LogP contribution in [0.2, 0.25) is 0 Å². The Hall–Kier alpha value is -1.06. The lowest BCUT2D eigenvalue weighted by atomic mass is 9.99. The van der Waals surface area contributed by atoms with Crippen molar-refractivity contribution in [3.05, 3.63) is 0 Å². The average molecular weight is 257 g/mol. The molecule has 1 amide bonds. The van der Waals surface area contributed by atoms with Gasteiger partial charge in [0, 0.05) is 6.42 Å². The second-order valence-electron chi connectivity index (χ2n) is 4.93. The van der Waals surface area contributed by atoms with Crippen LogP contribution in [0.1, 0.15) is 65.7 Å². The fourth-order valence-corrected chi connectivity index (χ4v) is 1.82. The summed E-state index contributed by atoms with van der Waals surface area (Å²) in [6, 6.07) is -0.752. The van der Waals surface area contributed by atoms with Crippen LogP contribution >= 0.6 is 0 Å². The third-order valence-electron chi connectivity index (χ3n) is 3.30. The van der Waals surface area contributed by atoms with Crippen molar-refractivity contribution in [1.82, 2.24) is 5.32 Å². The first-order valence-corrected chi connectivity index (χ1v) is 7.05. The number of unbranched alkanes of at least 4 members (excludes halogenated alkanes) is 4. The predicted molar refractivity (Wildman–Crippen MR) is 72.4 cm³/mol. The normalized spacial score (nSPS) is 13.9. The number of nitrogens with one attached hydrogen (secondary N) is 1. The lowest BCUT2D eigenvalue weighted by Crippen LogP contribution is -2.44. The Morgan fingerprint density at radius 2 is 1.72 bits per heavy atom. The van der Waals surface area contributed by atoms with E-state index in [1.54, 1.807) is 0 Å². The molecule has 0 saturated carbocycles. The number of carboxylic acids is 1. The summed E-state index contributed by atoms with van der Waals surface area (Å²) in [7, 11) is 0. The maximum absolute atomic E-state index is 11.6. The van der Waals surface area contributed by atoms with Crippen molar-refractivity contribution in [3.8, 4) is 0 Å². The zero-order valence-corrected chi connectivity index (χ0v) is 11.9. The number of rotatable bonds is 10. The number of amides is 1. The molecule has 0 aliphatic rings. The van der Waals surface area contributed by atoms with Gasteiger partial charge in [0.1, 0.15) is 6.04 Å². The molecule has 4 nitrogen and oxygen atoms in total. The molecule has 0 heterocycles. The molecular weight excluding hydrogens is 230 g/mol. The largest absolute Gasteiger partial charge is 0.480 e. The van der Waals surface area contributed by atoms with Gasteiger partial charge < -0.3 is 10.4 Å². The Morgan fingerprint density at radius 1 is 1.11 bits per heavy atom. The summed E-state index contributed by atoms with van der Waals surface area (Å²) in [5, 5.41) is 11.7. The van der Waals surface area contributed by atoms with Crippen molar-refractivity contribution in [1.29, 1.82) is 0 Å². The highest BCUT2D eigenvalue weighted by Crippen LogP contribution is 2.09. The lowest BCUT2D eigenvalue weighted by Gasteiger charge is -2.20. The molecule has 2 N–H and O–H groups in total. The molecule has 0 unspecified atom stereocenters. The lowest BCUT2D eigenvalue weighted by molar-refractivity contribution is -0.143. The maximum atomic E-state index is 11.6. The van der Waals surface area contributed by atoms with Gasteiger partial charge in [0.25, 0.3) is 0 Å². The van der Waals surface area contributed by atoms with Crippen LogP contribution in [0.4, 0.5) is 0 Å². The monoisotopic (exact) mass is 257 g/mol. The van der Waals surface area contributed by atoms with Gasteiger partial charge in [0.05, 0.1) is 0 Å². The molecule has 0 aromatic carbocycles. The Bertz CT molecular complexity index is 253. The zero-order valence-electron chi connectivity index (χ0n) is 11.9. The van der Waals surface area contributed by atoms with E-state index in [1.807, 2.05) is 13.8 Å². The fraction of sp³-hybridized carbons (Fsp3) is 0.857. The number of hydrogen-bond acceptors (Lipinski definition) is 2. The fourth-order valence-electron chi connectivity index (χ4n) is 1.82. The highest BCUT2D eigenvalue weighted by atomic mass is 16.4. The molecule has 0 fully saturated rings. The van der Waals surface area contributed by atoms with Crippen molar-refractivity contribution in [2.24, 2.45) is 5.92 Å². The van der Waals surface area contributed by atoms with Crippen LogP contribution in [0.25, 0.3) is 0 Å². The summed E-state index contributed by atoms with van der Waals surface area (Å²) in [6.07, 6.45) is 6.60. The quantitative estimate of drug-likeness (QED) is 0.591. The molecule has 0 aliphatic carbocycles. The Kier molecular flexibility index (Phi) is 9.33. The van der Waals surface area contributed by atoms with Gasteiger partial charge in [-0.25, -0.2) is 4.79 Å². The second-order valence-corrected chi connectivity index (χ2v) is 4.93. The molecular formula is C14H27NO3. The van der Waals surface area contributed by atoms with Crippen LogP contribution in [0.15, 0.2) is 0 Å². The van der Waals surface area contributed by atoms with E-state index in [2.05, 4.69) is 12.2 Å². The first kappa shape index (κ1) is 16.9. The molecule has 0 saturated heterocycles. The van der Waals surface area contributed by atoms with E-state index in [9.17, 15) is 9.59 Å². The summed E-state index contributed by atoms with van der Waals surface area (Å²) in [6.45, 7) is 5.92. The van der Waals surface area contributed by atoms with E-state index >= 15 is 0 Å². The molecule has 0 rings (SSSR count). The first-order valence-electron chi connectivity index (χ1n) is 7.05. The predicted octanol–water partition coefficient (Wildman–Crippen LogP) is 2.96. The van der Waals surface area contributed by atoms with Gasteiger partial charge in [0.15, 0.2) is 0 Å². The Morgan fingerprint density at radius 3 is 2.22 bits per heavy atom. The summed E-state index contributed by atoms with van der Waals surface area (Å²) < 4.78 is 0. The van der Waals surface area contributed by atoms with Gasteiger partial charge in [-0.2, -0.15) is 0 Å². The van der Waals surface area contributed by atoms with Crippen LogP contribution in [0.3, 0.4) is 0 Å². The number of carboxylic acid groups (broad SMARTS) is 1. The van der Waals surface area contributed by atoms with E-state index in [-0.39, 0.29) is 11.8 Å². The standard InChI is InChI=1S/C14H27NO3/c1-4-6-7-8-9-10-12(16)15-13(14(17)18)11(3)5-2/h11,13H,4-10H2,1-3H3,(H,15,16)(H,17,18)/t11-,13-/m0/s1. The molecule has 18 heavy (non-hydrogen) atoms. The zero-order chi connectivity index (χ0) is 14.0. The van der Waals surface area contributed by atoms with Crippen molar-refractivity contribution >= 4 is 11.9 Å². The third kappa shape index (κ3) is 7.30. The number of hydrogen-bond donors (Lipinski definition) is 2. The molecule has 2 atom stereocenters. The second kappa shape index (κ2) is 9.92. The minimum absolute atomic E-state index is 0.0356. The molecule has 0 aromatic rings. The summed E-state index contributed by atoms with van der Waals surface area (Å²) in [4.78, 5) is 22.7. The molecule has 0 spiro atoms. The van der Waals surface area contributed by atoms with Crippen molar-refractivity contribution < 1.29 is 14.7 Å². The van der Waals surface area contributed by atoms with Crippen LogP contribution in [0, 0.1) is 5.92 Å². The van der Waals surface area contributed by atoms with Gasteiger partial charge in [-0.1, -0.05) is 52.9 Å². The first-order chi connectivity index (χ1) is 8.52. The van der Waals surface area contributed by atoms with Gasteiger partial charge in [0.2, 0.25) is 5.91 Å². The molecule has 0 aromatic heterocycles. The number of carbonyl (C=O) groups excluding carboxylic acids is 1. The third-order valence-corrected chi connectivity index (χ3v) is 3.30. The van der Waals surface area contributed by atoms with Crippen molar-refractivity contribution in [2.75, 3.05) is 0 Å². The Labute approximate surface area is 110 Å². The van der Waals surface area contributed by atoms with Gasteiger partial charge >= 0.3 is 5.97 Å². The van der Waals surface area contributed by atoms with E-state index in [0.717, 1.165) is 25.7 Å². The van der Waals surface area contributed by atoms with Crippen molar-refractivity contribution in [2.45, 2.75) is 71.8 Å². The van der Waals surface area contributed by atoms with E-state index in [4.69, 9.17) is 5.11 Å². The molecule has 0 bridgehead atoms. The number of aliphatic carboxylic acids is 1. The van der Waals surface area contributed by atoms with Crippen LogP contribution < -0.4 is 5.32 Å². The van der Waals surface area contributed by atoms with Crippen LogP contribution in [0.5, 0.6) is 0 Å².